The highest BCUT2D eigenvalue weighted by Gasteiger charge is 2.19. The van der Waals surface area contributed by atoms with Gasteiger partial charge in [-0.1, -0.05) is 51.8 Å². The lowest BCUT2D eigenvalue weighted by atomic mass is 10.1. The first-order valence-electron chi connectivity index (χ1n) is 8.76. The normalized spacial score (nSPS) is 10.8. The molecule has 0 saturated heterocycles. The van der Waals surface area contributed by atoms with Gasteiger partial charge in [-0.3, -0.25) is 9.59 Å². The first-order chi connectivity index (χ1) is 14.0. The topological polar surface area (TPSA) is 56.5 Å². The maximum absolute atomic E-state index is 13.1. The highest BCUT2D eigenvalue weighted by atomic mass is 79.9. The van der Waals surface area contributed by atoms with Crippen LogP contribution < -0.4 is 10.2 Å². The van der Waals surface area contributed by atoms with Crippen LogP contribution >= 0.6 is 27.5 Å². The van der Waals surface area contributed by atoms with Crippen molar-refractivity contribution in [2.75, 3.05) is 6.61 Å². The summed E-state index contributed by atoms with van der Waals surface area (Å²) in [5.74, 6) is 0.0116. The third-order valence-electron chi connectivity index (χ3n) is 4.38. The van der Waals surface area contributed by atoms with Crippen molar-refractivity contribution in [1.82, 2.24) is 0 Å². The Morgan fingerprint density at radius 3 is 2.38 bits per heavy atom. The maximum Gasteiger partial charge on any atom is 0.235 e. The van der Waals surface area contributed by atoms with Gasteiger partial charge in [-0.15, -0.1) is 0 Å². The molecule has 0 radical (unpaired) electrons. The van der Waals surface area contributed by atoms with Crippen molar-refractivity contribution in [2.45, 2.75) is 0 Å². The summed E-state index contributed by atoms with van der Waals surface area (Å²) >= 11 is 9.31. The lowest BCUT2D eigenvalue weighted by Crippen LogP contribution is -2.17. The molecule has 0 fully saturated rings. The zero-order valence-corrected chi connectivity index (χ0v) is 17.4. The van der Waals surface area contributed by atoms with E-state index in [9.17, 15) is 9.59 Å². The van der Waals surface area contributed by atoms with Gasteiger partial charge in [0.2, 0.25) is 11.2 Å². The van der Waals surface area contributed by atoms with Crippen LogP contribution in [0.3, 0.4) is 0 Å². The predicted molar refractivity (Wildman–Crippen MR) is 117 cm³/mol. The van der Waals surface area contributed by atoms with Gasteiger partial charge in [0.1, 0.15) is 5.58 Å². The van der Waals surface area contributed by atoms with Crippen molar-refractivity contribution in [1.29, 1.82) is 0 Å². The molecule has 0 bridgehead atoms. The number of carbonyl (C=O) groups excluding carboxylic acids is 1. The summed E-state index contributed by atoms with van der Waals surface area (Å²) in [6, 6.07) is 20.7. The van der Waals surface area contributed by atoms with Crippen molar-refractivity contribution in [3.05, 3.63) is 98.1 Å². The fourth-order valence-electron chi connectivity index (χ4n) is 2.90. The Hall–Kier alpha value is -2.89. The number of carbonyl (C=O) groups is 1. The molecule has 1 heterocycles. The van der Waals surface area contributed by atoms with Crippen molar-refractivity contribution in [3.8, 4) is 17.1 Å². The Morgan fingerprint density at radius 1 is 0.966 bits per heavy atom. The second-order valence-corrected chi connectivity index (χ2v) is 7.66. The molecule has 0 unspecified atom stereocenters. The van der Waals surface area contributed by atoms with E-state index in [2.05, 4.69) is 15.9 Å². The van der Waals surface area contributed by atoms with Crippen LogP contribution in [0, 0.1) is 0 Å². The molecule has 4 aromatic rings. The highest BCUT2D eigenvalue weighted by Crippen LogP contribution is 2.31. The molecule has 29 heavy (non-hydrogen) atoms. The summed E-state index contributed by atoms with van der Waals surface area (Å²) in [4.78, 5) is 25.6. The van der Waals surface area contributed by atoms with Crippen LogP contribution in [0.15, 0.2) is 86.5 Å². The number of ketones is 1. The Kier molecular flexibility index (Phi) is 5.51. The van der Waals surface area contributed by atoms with Crippen LogP contribution in [0.25, 0.3) is 22.3 Å². The van der Waals surface area contributed by atoms with E-state index in [1.807, 2.05) is 0 Å². The number of ether oxygens (including phenoxy) is 1. The number of rotatable bonds is 5. The standard InChI is InChI=1S/C23H14BrClO4/c24-16-9-5-14(6-10-16)19(26)13-28-23-21(27)18-3-1-2-4-20(18)29-22(23)15-7-11-17(25)12-8-15/h1-12H,13H2. The van der Waals surface area contributed by atoms with E-state index in [1.165, 1.54) is 0 Å². The Labute approximate surface area is 179 Å². The third kappa shape index (κ3) is 4.11. The van der Waals surface area contributed by atoms with Gasteiger partial charge in [0.05, 0.1) is 5.39 Å². The Balaban J connectivity index is 1.75. The zero-order valence-electron chi connectivity index (χ0n) is 15.0. The van der Waals surface area contributed by atoms with Crippen LogP contribution in [0.5, 0.6) is 5.75 Å². The summed E-state index contributed by atoms with van der Waals surface area (Å²) in [6.07, 6.45) is 0. The average molecular weight is 470 g/mol. The number of Topliss-reactive ketones (excluding diaryl/α,β-unsaturated/α-hetero) is 1. The van der Waals surface area contributed by atoms with Crippen LogP contribution in [0.4, 0.5) is 0 Å². The van der Waals surface area contributed by atoms with E-state index >= 15 is 0 Å². The van der Waals surface area contributed by atoms with Crippen molar-refractivity contribution in [2.24, 2.45) is 0 Å². The lowest BCUT2D eigenvalue weighted by molar-refractivity contribution is 0.0920. The summed E-state index contributed by atoms with van der Waals surface area (Å²) in [5, 5.41) is 0.945. The fourth-order valence-corrected chi connectivity index (χ4v) is 3.29. The molecule has 0 aliphatic rings. The van der Waals surface area contributed by atoms with E-state index < -0.39 is 0 Å². The second-order valence-electron chi connectivity index (χ2n) is 6.31. The minimum Gasteiger partial charge on any atom is -0.478 e. The molecule has 0 spiro atoms. The quantitative estimate of drug-likeness (QED) is 0.330. The SMILES string of the molecule is O=C(COc1c(-c2ccc(Cl)cc2)oc2ccccc2c1=O)c1ccc(Br)cc1. The minimum absolute atomic E-state index is 0.00326. The molecule has 0 amide bonds. The molecule has 4 nitrogen and oxygen atoms in total. The summed E-state index contributed by atoms with van der Waals surface area (Å²) in [5.41, 5.74) is 1.23. The Bertz CT molecular complexity index is 1240. The molecule has 0 aliphatic carbocycles. The fraction of sp³-hybridized carbons (Fsp3) is 0.0435. The van der Waals surface area contributed by atoms with Crippen molar-refractivity contribution in [3.63, 3.8) is 0 Å². The summed E-state index contributed by atoms with van der Waals surface area (Å²) in [6.45, 7) is -0.286. The average Bonchev–Trinajstić information content (AvgIpc) is 2.74. The summed E-state index contributed by atoms with van der Waals surface area (Å²) < 4.78 is 12.5. The second kappa shape index (κ2) is 8.23. The molecule has 144 valence electrons. The van der Waals surface area contributed by atoms with E-state index in [0.717, 1.165) is 4.47 Å². The van der Waals surface area contributed by atoms with Crippen LogP contribution in [-0.2, 0) is 0 Å². The molecular weight excluding hydrogens is 456 g/mol. The van der Waals surface area contributed by atoms with E-state index in [1.54, 1.807) is 72.8 Å². The number of benzene rings is 3. The number of para-hydroxylation sites is 1. The first-order valence-corrected chi connectivity index (χ1v) is 9.93. The maximum atomic E-state index is 13.1. The third-order valence-corrected chi connectivity index (χ3v) is 5.16. The molecule has 0 N–H and O–H groups in total. The predicted octanol–water partition coefficient (Wildman–Crippen LogP) is 6.14. The molecule has 4 rings (SSSR count). The first kappa shape index (κ1) is 19.4. The number of hydrogen-bond donors (Lipinski definition) is 0. The zero-order chi connectivity index (χ0) is 20.4. The Morgan fingerprint density at radius 2 is 1.66 bits per heavy atom. The van der Waals surface area contributed by atoms with Gasteiger partial charge in [-0.25, -0.2) is 0 Å². The number of fused-ring (bicyclic) bond motifs is 1. The molecule has 6 heteroatoms. The van der Waals surface area contributed by atoms with E-state index in [-0.39, 0.29) is 29.3 Å². The van der Waals surface area contributed by atoms with Gasteiger partial charge in [-0.05, 0) is 48.5 Å². The molecule has 0 saturated carbocycles. The van der Waals surface area contributed by atoms with Crippen LogP contribution in [-0.4, -0.2) is 12.4 Å². The molecule has 0 atom stereocenters. The van der Waals surface area contributed by atoms with Crippen LogP contribution in [0.2, 0.25) is 5.02 Å². The molecule has 3 aromatic carbocycles. The van der Waals surface area contributed by atoms with Crippen LogP contribution in [0.1, 0.15) is 10.4 Å². The number of halogens is 2. The van der Waals surface area contributed by atoms with Crippen molar-refractivity contribution < 1.29 is 13.9 Å². The molecular formula is C23H14BrClO4. The lowest BCUT2D eigenvalue weighted by Gasteiger charge is -2.11. The van der Waals surface area contributed by atoms with Gasteiger partial charge in [0.25, 0.3) is 0 Å². The molecule has 0 aliphatic heterocycles. The number of hydrogen-bond acceptors (Lipinski definition) is 4. The van der Waals surface area contributed by atoms with Gasteiger partial charge < -0.3 is 9.15 Å². The van der Waals surface area contributed by atoms with Gasteiger partial charge in [0.15, 0.2) is 18.2 Å². The van der Waals surface area contributed by atoms with Gasteiger partial charge in [-0.2, -0.15) is 0 Å². The monoisotopic (exact) mass is 468 g/mol. The van der Waals surface area contributed by atoms with Crippen molar-refractivity contribution >= 4 is 44.3 Å². The van der Waals surface area contributed by atoms with Gasteiger partial charge in [0, 0.05) is 20.6 Å². The summed E-state index contributed by atoms with van der Waals surface area (Å²) in [7, 11) is 0. The van der Waals surface area contributed by atoms with Gasteiger partial charge >= 0.3 is 0 Å². The van der Waals surface area contributed by atoms with E-state index in [0.29, 0.717) is 27.1 Å². The van der Waals surface area contributed by atoms with E-state index in [4.69, 9.17) is 20.8 Å². The minimum atomic E-state index is -0.333. The largest absolute Gasteiger partial charge is 0.478 e. The highest BCUT2D eigenvalue weighted by molar-refractivity contribution is 9.10. The molecule has 1 aromatic heterocycles. The smallest absolute Gasteiger partial charge is 0.235 e.